The Labute approximate surface area is 112 Å². The standard InChI is InChI=1S/C15H19N3O/c16-12-2-1-3-13-15(12)17-14(19-13)9-18(11-6-7-11)8-10-4-5-10/h1-3,10-11H,4-9,16H2. The molecule has 0 bridgehead atoms. The van der Waals surface area contributed by atoms with E-state index in [9.17, 15) is 0 Å². The summed E-state index contributed by atoms with van der Waals surface area (Å²) in [5, 5.41) is 0. The molecule has 1 heterocycles. The third kappa shape index (κ3) is 2.32. The van der Waals surface area contributed by atoms with Gasteiger partial charge < -0.3 is 10.2 Å². The Bertz CT molecular complexity index is 598. The number of rotatable bonds is 5. The molecule has 100 valence electrons. The van der Waals surface area contributed by atoms with Crippen LogP contribution in [0.25, 0.3) is 11.1 Å². The zero-order valence-corrected chi connectivity index (χ0v) is 11.0. The van der Waals surface area contributed by atoms with Crippen LogP contribution in [0.3, 0.4) is 0 Å². The summed E-state index contributed by atoms with van der Waals surface area (Å²) in [4.78, 5) is 7.10. The number of nitrogens with two attached hydrogens (primary N) is 1. The summed E-state index contributed by atoms with van der Waals surface area (Å²) in [5.74, 6) is 1.72. The van der Waals surface area contributed by atoms with Crippen molar-refractivity contribution in [3.05, 3.63) is 24.1 Å². The average Bonchev–Trinajstić information content (AvgIpc) is 3.27. The number of hydrogen-bond acceptors (Lipinski definition) is 4. The molecule has 0 atom stereocenters. The molecule has 0 aliphatic heterocycles. The first-order valence-electron chi connectivity index (χ1n) is 7.17. The van der Waals surface area contributed by atoms with Gasteiger partial charge in [0.2, 0.25) is 5.89 Å². The highest BCUT2D eigenvalue weighted by Crippen LogP contribution is 2.35. The Kier molecular flexibility index (Phi) is 2.52. The van der Waals surface area contributed by atoms with Crippen molar-refractivity contribution < 1.29 is 4.42 Å². The number of aromatic nitrogens is 1. The van der Waals surface area contributed by atoms with Gasteiger partial charge >= 0.3 is 0 Å². The molecule has 2 aliphatic carbocycles. The molecule has 2 aliphatic rings. The second kappa shape index (κ2) is 4.23. The molecule has 19 heavy (non-hydrogen) atoms. The van der Waals surface area contributed by atoms with Crippen molar-refractivity contribution in [3.63, 3.8) is 0 Å². The number of nitrogen functional groups attached to an aromatic ring is 1. The van der Waals surface area contributed by atoms with Crippen molar-refractivity contribution in [1.82, 2.24) is 9.88 Å². The van der Waals surface area contributed by atoms with E-state index in [1.807, 2.05) is 18.2 Å². The molecule has 0 radical (unpaired) electrons. The van der Waals surface area contributed by atoms with E-state index in [0.29, 0.717) is 5.69 Å². The lowest BCUT2D eigenvalue weighted by Gasteiger charge is -2.19. The van der Waals surface area contributed by atoms with Gasteiger partial charge in [0, 0.05) is 12.6 Å². The summed E-state index contributed by atoms with van der Waals surface area (Å²) < 4.78 is 5.83. The summed E-state index contributed by atoms with van der Waals surface area (Å²) in [5.41, 5.74) is 8.24. The van der Waals surface area contributed by atoms with Crippen LogP contribution in [0, 0.1) is 5.92 Å². The van der Waals surface area contributed by atoms with Crippen LogP contribution < -0.4 is 5.73 Å². The van der Waals surface area contributed by atoms with Crippen LogP contribution in [-0.2, 0) is 6.54 Å². The monoisotopic (exact) mass is 257 g/mol. The topological polar surface area (TPSA) is 55.3 Å². The third-order valence-corrected chi connectivity index (χ3v) is 4.09. The fourth-order valence-electron chi connectivity index (χ4n) is 2.67. The second-order valence-corrected chi connectivity index (χ2v) is 5.91. The fourth-order valence-corrected chi connectivity index (χ4v) is 2.67. The molecule has 4 rings (SSSR count). The molecule has 4 heteroatoms. The van der Waals surface area contributed by atoms with Gasteiger partial charge in [-0.05, 0) is 43.7 Å². The Morgan fingerprint density at radius 3 is 2.79 bits per heavy atom. The van der Waals surface area contributed by atoms with Crippen molar-refractivity contribution in [3.8, 4) is 0 Å². The number of fused-ring (bicyclic) bond motifs is 1. The van der Waals surface area contributed by atoms with Gasteiger partial charge in [0.15, 0.2) is 5.58 Å². The van der Waals surface area contributed by atoms with Crippen LogP contribution in [-0.4, -0.2) is 22.5 Å². The zero-order chi connectivity index (χ0) is 12.8. The summed E-state index contributed by atoms with van der Waals surface area (Å²) in [6, 6.07) is 6.48. The number of anilines is 1. The minimum absolute atomic E-state index is 0.702. The minimum atomic E-state index is 0.702. The number of oxazole rings is 1. The smallest absolute Gasteiger partial charge is 0.209 e. The quantitative estimate of drug-likeness (QED) is 0.837. The molecular formula is C15H19N3O. The molecule has 2 aromatic rings. The van der Waals surface area contributed by atoms with Crippen molar-refractivity contribution in [1.29, 1.82) is 0 Å². The molecule has 1 aromatic carbocycles. The molecule has 0 spiro atoms. The Hall–Kier alpha value is -1.55. The van der Waals surface area contributed by atoms with E-state index in [1.54, 1.807) is 0 Å². The molecule has 1 aromatic heterocycles. The van der Waals surface area contributed by atoms with Crippen LogP contribution in [0.15, 0.2) is 22.6 Å². The van der Waals surface area contributed by atoms with E-state index in [0.717, 1.165) is 35.5 Å². The van der Waals surface area contributed by atoms with E-state index in [-0.39, 0.29) is 0 Å². The lowest BCUT2D eigenvalue weighted by atomic mass is 10.3. The molecule has 4 nitrogen and oxygen atoms in total. The molecular weight excluding hydrogens is 238 g/mol. The van der Waals surface area contributed by atoms with Crippen LogP contribution in [0.2, 0.25) is 0 Å². The Balaban J connectivity index is 1.57. The maximum atomic E-state index is 5.93. The summed E-state index contributed by atoms with van der Waals surface area (Å²) in [6.07, 6.45) is 5.44. The first-order chi connectivity index (χ1) is 9.29. The van der Waals surface area contributed by atoms with E-state index in [2.05, 4.69) is 9.88 Å². The lowest BCUT2D eigenvalue weighted by Crippen LogP contribution is -2.27. The van der Waals surface area contributed by atoms with Gasteiger partial charge in [-0.3, -0.25) is 4.90 Å². The van der Waals surface area contributed by atoms with E-state index in [4.69, 9.17) is 10.2 Å². The van der Waals surface area contributed by atoms with Crippen molar-refractivity contribution >= 4 is 16.8 Å². The van der Waals surface area contributed by atoms with Crippen molar-refractivity contribution in [2.75, 3.05) is 12.3 Å². The third-order valence-electron chi connectivity index (χ3n) is 4.09. The van der Waals surface area contributed by atoms with Gasteiger partial charge in [0.25, 0.3) is 0 Å². The minimum Gasteiger partial charge on any atom is -0.439 e. The Morgan fingerprint density at radius 2 is 2.11 bits per heavy atom. The fraction of sp³-hybridized carbons (Fsp3) is 0.533. The van der Waals surface area contributed by atoms with Crippen molar-refractivity contribution in [2.45, 2.75) is 38.3 Å². The highest BCUT2D eigenvalue weighted by atomic mass is 16.3. The van der Waals surface area contributed by atoms with Gasteiger partial charge in [-0.2, -0.15) is 0 Å². The predicted molar refractivity (Wildman–Crippen MR) is 74.6 cm³/mol. The first-order valence-corrected chi connectivity index (χ1v) is 7.17. The largest absolute Gasteiger partial charge is 0.439 e. The maximum Gasteiger partial charge on any atom is 0.209 e. The summed E-state index contributed by atoms with van der Waals surface area (Å²) in [7, 11) is 0. The van der Waals surface area contributed by atoms with Gasteiger partial charge in [-0.15, -0.1) is 0 Å². The van der Waals surface area contributed by atoms with Crippen molar-refractivity contribution in [2.24, 2.45) is 5.92 Å². The highest BCUT2D eigenvalue weighted by Gasteiger charge is 2.34. The molecule has 0 amide bonds. The second-order valence-electron chi connectivity index (χ2n) is 5.91. The van der Waals surface area contributed by atoms with Gasteiger partial charge in [0.1, 0.15) is 5.52 Å². The molecule has 2 fully saturated rings. The zero-order valence-electron chi connectivity index (χ0n) is 11.0. The van der Waals surface area contributed by atoms with E-state index in [1.165, 1.54) is 32.2 Å². The molecule has 0 saturated heterocycles. The maximum absolute atomic E-state index is 5.93. The van der Waals surface area contributed by atoms with Gasteiger partial charge in [-0.25, -0.2) is 4.98 Å². The van der Waals surface area contributed by atoms with Gasteiger partial charge in [-0.1, -0.05) is 6.07 Å². The van der Waals surface area contributed by atoms with Crippen LogP contribution >= 0.6 is 0 Å². The first kappa shape index (κ1) is 11.3. The molecule has 2 saturated carbocycles. The summed E-state index contributed by atoms with van der Waals surface area (Å²) >= 11 is 0. The number of nitrogens with zero attached hydrogens (tertiary/aromatic N) is 2. The molecule has 2 N–H and O–H groups in total. The van der Waals surface area contributed by atoms with Crippen LogP contribution in [0.5, 0.6) is 0 Å². The van der Waals surface area contributed by atoms with Gasteiger partial charge in [0.05, 0.1) is 12.2 Å². The number of benzene rings is 1. The highest BCUT2D eigenvalue weighted by molar-refractivity contribution is 5.85. The van der Waals surface area contributed by atoms with E-state index >= 15 is 0 Å². The average molecular weight is 257 g/mol. The lowest BCUT2D eigenvalue weighted by molar-refractivity contribution is 0.222. The summed E-state index contributed by atoms with van der Waals surface area (Å²) in [6.45, 7) is 2.04. The number of para-hydroxylation sites is 1. The predicted octanol–water partition coefficient (Wildman–Crippen LogP) is 2.78. The van der Waals surface area contributed by atoms with E-state index < -0.39 is 0 Å². The Morgan fingerprint density at radius 1 is 1.26 bits per heavy atom. The number of hydrogen-bond donors (Lipinski definition) is 1. The SMILES string of the molecule is Nc1cccc2oc(CN(CC3CC3)C3CC3)nc12. The molecule has 0 unspecified atom stereocenters. The van der Waals surface area contributed by atoms with Crippen LogP contribution in [0.1, 0.15) is 31.6 Å². The normalized spacial score (nSPS) is 19.4. The van der Waals surface area contributed by atoms with Crippen LogP contribution in [0.4, 0.5) is 5.69 Å².